The summed E-state index contributed by atoms with van der Waals surface area (Å²) in [6, 6.07) is 9.65. The van der Waals surface area contributed by atoms with Crippen LogP contribution < -0.4 is 4.90 Å². The summed E-state index contributed by atoms with van der Waals surface area (Å²) in [4.78, 5) is 27.2. The summed E-state index contributed by atoms with van der Waals surface area (Å²) < 4.78 is 0. The van der Waals surface area contributed by atoms with Crippen LogP contribution in [-0.2, 0) is 9.59 Å². The molecule has 1 atom stereocenters. The Morgan fingerprint density at radius 1 is 1.33 bits per heavy atom. The summed E-state index contributed by atoms with van der Waals surface area (Å²) in [5, 5.41) is 9.02. The molecule has 0 aliphatic carbocycles. The second-order valence-corrected chi connectivity index (χ2v) is 5.75. The standard InChI is InChI=1S/C16H22N2O3/c1-12(2)18(14-6-4-3-5-7-14)15(19)11-17-9-8-13(10-17)16(20)21/h3-7,12-13H,8-11H2,1-2H3,(H,20,21). The molecule has 0 bridgehead atoms. The molecule has 1 N–H and O–H groups in total. The number of carboxylic acid groups (broad SMARTS) is 1. The predicted molar refractivity (Wildman–Crippen MR) is 81.2 cm³/mol. The summed E-state index contributed by atoms with van der Waals surface area (Å²) in [7, 11) is 0. The molecule has 5 heteroatoms. The van der Waals surface area contributed by atoms with Gasteiger partial charge >= 0.3 is 5.97 Å². The fraction of sp³-hybridized carbons (Fsp3) is 0.500. The van der Waals surface area contributed by atoms with Crippen molar-refractivity contribution in [3.63, 3.8) is 0 Å². The fourth-order valence-electron chi connectivity index (χ4n) is 2.76. The molecule has 1 aromatic rings. The van der Waals surface area contributed by atoms with E-state index in [0.29, 0.717) is 19.5 Å². The lowest BCUT2D eigenvalue weighted by Crippen LogP contribution is -2.43. The average Bonchev–Trinajstić information content (AvgIpc) is 2.88. The minimum Gasteiger partial charge on any atom is -0.481 e. The number of anilines is 1. The molecule has 1 amide bonds. The van der Waals surface area contributed by atoms with Gasteiger partial charge in [0.25, 0.3) is 0 Å². The highest BCUT2D eigenvalue weighted by Gasteiger charge is 2.30. The third kappa shape index (κ3) is 3.82. The Balaban J connectivity index is 2.02. The molecular formula is C16H22N2O3. The molecule has 1 aliphatic heterocycles. The highest BCUT2D eigenvalue weighted by atomic mass is 16.4. The Morgan fingerprint density at radius 2 is 2.00 bits per heavy atom. The van der Waals surface area contributed by atoms with Crippen molar-refractivity contribution in [3.8, 4) is 0 Å². The minimum absolute atomic E-state index is 0.0160. The minimum atomic E-state index is -0.770. The van der Waals surface area contributed by atoms with Gasteiger partial charge in [0.2, 0.25) is 5.91 Å². The van der Waals surface area contributed by atoms with E-state index < -0.39 is 5.97 Å². The van der Waals surface area contributed by atoms with E-state index in [0.717, 1.165) is 5.69 Å². The maximum atomic E-state index is 12.6. The van der Waals surface area contributed by atoms with Gasteiger partial charge in [-0.1, -0.05) is 18.2 Å². The SMILES string of the molecule is CC(C)N(C(=O)CN1CCC(C(=O)O)C1)c1ccccc1. The number of hydrogen-bond donors (Lipinski definition) is 1. The first-order chi connectivity index (χ1) is 9.99. The van der Waals surface area contributed by atoms with Crippen LogP contribution in [-0.4, -0.2) is 47.6 Å². The number of benzene rings is 1. The van der Waals surface area contributed by atoms with E-state index in [1.54, 1.807) is 4.90 Å². The molecule has 1 fully saturated rings. The van der Waals surface area contributed by atoms with Gasteiger partial charge in [0.1, 0.15) is 0 Å². The van der Waals surface area contributed by atoms with Crippen molar-refractivity contribution in [2.75, 3.05) is 24.5 Å². The molecule has 0 saturated carbocycles. The van der Waals surface area contributed by atoms with E-state index in [1.165, 1.54) is 0 Å². The lowest BCUT2D eigenvalue weighted by atomic mass is 10.1. The van der Waals surface area contributed by atoms with Gasteiger partial charge in [-0.2, -0.15) is 0 Å². The summed E-state index contributed by atoms with van der Waals surface area (Å²) >= 11 is 0. The molecule has 0 aromatic heterocycles. The zero-order valence-corrected chi connectivity index (χ0v) is 12.5. The molecule has 1 unspecified atom stereocenters. The molecule has 1 aliphatic rings. The maximum absolute atomic E-state index is 12.6. The second kappa shape index (κ2) is 6.72. The van der Waals surface area contributed by atoms with Gasteiger partial charge < -0.3 is 10.0 Å². The Bertz CT molecular complexity index is 502. The summed E-state index contributed by atoms with van der Waals surface area (Å²) in [5.41, 5.74) is 0.881. The highest BCUT2D eigenvalue weighted by molar-refractivity contribution is 5.95. The Hall–Kier alpha value is -1.88. The van der Waals surface area contributed by atoms with Gasteiger partial charge in [-0.25, -0.2) is 0 Å². The van der Waals surface area contributed by atoms with Crippen molar-refractivity contribution in [1.29, 1.82) is 0 Å². The third-order valence-corrected chi connectivity index (χ3v) is 3.80. The van der Waals surface area contributed by atoms with Crippen LogP contribution in [0.5, 0.6) is 0 Å². The number of carbonyl (C=O) groups excluding carboxylic acids is 1. The molecule has 21 heavy (non-hydrogen) atoms. The number of nitrogens with zero attached hydrogens (tertiary/aromatic N) is 2. The maximum Gasteiger partial charge on any atom is 0.307 e. The van der Waals surface area contributed by atoms with Gasteiger partial charge in [-0.05, 0) is 38.9 Å². The van der Waals surface area contributed by atoms with Crippen LogP contribution in [0.4, 0.5) is 5.69 Å². The summed E-state index contributed by atoms with van der Waals surface area (Å²) in [6.45, 7) is 5.37. The quantitative estimate of drug-likeness (QED) is 0.899. The molecule has 0 spiro atoms. The molecule has 0 radical (unpaired) electrons. The molecule has 1 heterocycles. The van der Waals surface area contributed by atoms with Crippen molar-refractivity contribution < 1.29 is 14.7 Å². The largest absolute Gasteiger partial charge is 0.481 e. The number of aliphatic carboxylic acids is 1. The Morgan fingerprint density at radius 3 is 2.52 bits per heavy atom. The van der Waals surface area contributed by atoms with Crippen LogP contribution >= 0.6 is 0 Å². The second-order valence-electron chi connectivity index (χ2n) is 5.75. The number of para-hydroxylation sites is 1. The topological polar surface area (TPSA) is 60.9 Å². The molecule has 1 saturated heterocycles. The van der Waals surface area contributed by atoms with E-state index in [-0.39, 0.29) is 24.4 Å². The Labute approximate surface area is 125 Å². The van der Waals surface area contributed by atoms with Gasteiger partial charge in [0, 0.05) is 18.3 Å². The zero-order chi connectivity index (χ0) is 15.4. The Kier molecular flexibility index (Phi) is 4.96. The number of carboxylic acids is 1. The number of carbonyl (C=O) groups is 2. The van der Waals surface area contributed by atoms with Gasteiger partial charge in [-0.15, -0.1) is 0 Å². The van der Waals surface area contributed by atoms with Crippen LogP contribution in [0.15, 0.2) is 30.3 Å². The number of amides is 1. The van der Waals surface area contributed by atoms with Gasteiger partial charge in [-0.3, -0.25) is 14.5 Å². The van der Waals surface area contributed by atoms with Crippen molar-refractivity contribution in [1.82, 2.24) is 4.90 Å². The lowest BCUT2D eigenvalue weighted by Gasteiger charge is -2.29. The molecule has 114 valence electrons. The molecule has 1 aromatic carbocycles. The molecule has 2 rings (SSSR count). The first-order valence-electron chi connectivity index (χ1n) is 7.31. The zero-order valence-electron chi connectivity index (χ0n) is 12.5. The number of hydrogen-bond acceptors (Lipinski definition) is 3. The van der Waals surface area contributed by atoms with Crippen LogP contribution in [0.25, 0.3) is 0 Å². The van der Waals surface area contributed by atoms with Gasteiger partial charge in [0.05, 0.1) is 12.5 Å². The summed E-state index contributed by atoms with van der Waals surface area (Å²) in [5.74, 6) is -1.10. The third-order valence-electron chi connectivity index (χ3n) is 3.80. The van der Waals surface area contributed by atoms with Crippen molar-refractivity contribution in [3.05, 3.63) is 30.3 Å². The number of likely N-dealkylation sites (tertiary alicyclic amines) is 1. The van der Waals surface area contributed by atoms with E-state index in [1.807, 2.05) is 49.1 Å². The molecular weight excluding hydrogens is 268 g/mol. The monoisotopic (exact) mass is 290 g/mol. The van der Waals surface area contributed by atoms with E-state index in [9.17, 15) is 9.59 Å². The van der Waals surface area contributed by atoms with Crippen LogP contribution in [0.3, 0.4) is 0 Å². The fourth-order valence-corrected chi connectivity index (χ4v) is 2.76. The normalized spacial score (nSPS) is 18.9. The van der Waals surface area contributed by atoms with Crippen molar-refractivity contribution in [2.24, 2.45) is 5.92 Å². The van der Waals surface area contributed by atoms with E-state index in [4.69, 9.17) is 5.11 Å². The highest BCUT2D eigenvalue weighted by Crippen LogP contribution is 2.20. The van der Waals surface area contributed by atoms with Gasteiger partial charge in [0.15, 0.2) is 0 Å². The first kappa shape index (κ1) is 15.5. The smallest absolute Gasteiger partial charge is 0.307 e. The van der Waals surface area contributed by atoms with Crippen molar-refractivity contribution >= 4 is 17.6 Å². The summed E-state index contributed by atoms with van der Waals surface area (Å²) in [6.07, 6.45) is 0.621. The van der Waals surface area contributed by atoms with Crippen LogP contribution in [0.2, 0.25) is 0 Å². The number of rotatable bonds is 5. The predicted octanol–water partition coefficient (Wildman–Crippen LogP) is 1.83. The van der Waals surface area contributed by atoms with E-state index >= 15 is 0 Å². The average molecular weight is 290 g/mol. The first-order valence-corrected chi connectivity index (χ1v) is 7.31. The van der Waals surface area contributed by atoms with Crippen LogP contribution in [0, 0.1) is 5.92 Å². The molecule has 5 nitrogen and oxygen atoms in total. The van der Waals surface area contributed by atoms with E-state index in [2.05, 4.69) is 0 Å². The lowest BCUT2D eigenvalue weighted by molar-refractivity contribution is -0.141. The van der Waals surface area contributed by atoms with Crippen molar-refractivity contribution in [2.45, 2.75) is 26.3 Å². The van der Waals surface area contributed by atoms with Crippen LogP contribution in [0.1, 0.15) is 20.3 Å².